The highest BCUT2D eigenvalue weighted by atomic mass is 32.2. The van der Waals surface area contributed by atoms with Crippen LogP contribution >= 0.6 is 0 Å². The molecular formula is C23H24FN3O5S2. The van der Waals surface area contributed by atoms with Crippen molar-refractivity contribution < 1.29 is 26.0 Å². The summed E-state index contributed by atoms with van der Waals surface area (Å²) >= 11 is 0. The molecule has 2 N–H and O–H groups in total. The smallest absolute Gasteiger partial charge is 0.261 e. The van der Waals surface area contributed by atoms with E-state index >= 15 is 0 Å². The Morgan fingerprint density at radius 1 is 0.912 bits per heavy atom. The third kappa shape index (κ3) is 6.12. The molecule has 3 rings (SSSR count). The van der Waals surface area contributed by atoms with Crippen molar-refractivity contribution in [3.05, 3.63) is 83.7 Å². The van der Waals surface area contributed by atoms with Gasteiger partial charge in [0.05, 0.1) is 22.5 Å². The predicted octanol–water partition coefficient (Wildman–Crippen LogP) is 3.65. The predicted molar refractivity (Wildman–Crippen MR) is 130 cm³/mol. The first-order valence-corrected chi connectivity index (χ1v) is 13.4. The lowest BCUT2D eigenvalue weighted by Gasteiger charge is -2.22. The van der Waals surface area contributed by atoms with Crippen molar-refractivity contribution >= 4 is 43.0 Å². The van der Waals surface area contributed by atoms with Crippen LogP contribution in [0.2, 0.25) is 0 Å². The summed E-state index contributed by atoms with van der Waals surface area (Å²) in [5.74, 6) is -1.32. The fourth-order valence-electron chi connectivity index (χ4n) is 3.25. The first kappa shape index (κ1) is 25.2. The van der Waals surface area contributed by atoms with Gasteiger partial charge in [-0.05, 0) is 67.4 Å². The van der Waals surface area contributed by atoms with Crippen molar-refractivity contribution in [1.82, 2.24) is 0 Å². The molecule has 0 atom stereocenters. The molecule has 3 aromatic carbocycles. The van der Waals surface area contributed by atoms with Gasteiger partial charge in [0, 0.05) is 5.69 Å². The van der Waals surface area contributed by atoms with E-state index in [1.54, 1.807) is 26.0 Å². The standard InChI is InChI=1S/C23H24FN3O5S2/c1-16-6-4-7-17(2)23(16)26-34(31,32)21-12-10-19(11-13-21)25-22(28)15-27(33(3,29)30)20-9-5-8-18(24)14-20/h4-14,26H,15H2,1-3H3,(H,25,28). The van der Waals surface area contributed by atoms with E-state index in [0.717, 1.165) is 33.8 Å². The highest BCUT2D eigenvalue weighted by Crippen LogP contribution is 2.24. The van der Waals surface area contributed by atoms with Crippen molar-refractivity contribution in [1.29, 1.82) is 0 Å². The van der Waals surface area contributed by atoms with E-state index in [1.165, 1.54) is 36.4 Å². The van der Waals surface area contributed by atoms with Gasteiger partial charge in [-0.15, -0.1) is 0 Å². The molecule has 0 aliphatic rings. The maximum absolute atomic E-state index is 13.5. The van der Waals surface area contributed by atoms with Gasteiger partial charge in [-0.25, -0.2) is 21.2 Å². The number of sulfonamides is 2. The second-order valence-electron chi connectivity index (χ2n) is 7.69. The SMILES string of the molecule is Cc1cccc(C)c1NS(=O)(=O)c1ccc(NC(=O)CN(c2cccc(F)c2)S(C)(=O)=O)cc1. The molecule has 180 valence electrons. The van der Waals surface area contributed by atoms with Gasteiger partial charge < -0.3 is 5.32 Å². The van der Waals surface area contributed by atoms with E-state index in [-0.39, 0.29) is 16.3 Å². The molecule has 0 aliphatic carbocycles. The monoisotopic (exact) mass is 505 g/mol. The summed E-state index contributed by atoms with van der Waals surface area (Å²) in [5.41, 5.74) is 2.33. The number of hydrogen-bond acceptors (Lipinski definition) is 5. The molecule has 11 heteroatoms. The van der Waals surface area contributed by atoms with Crippen LogP contribution in [0.25, 0.3) is 0 Å². The fourth-order valence-corrected chi connectivity index (χ4v) is 5.30. The number of amides is 1. The molecule has 0 radical (unpaired) electrons. The third-order valence-electron chi connectivity index (χ3n) is 4.95. The zero-order valence-electron chi connectivity index (χ0n) is 18.7. The Balaban J connectivity index is 1.74. The number of carbonyl (C=O) groups is 1. The average molecular weight is 506 g/mol. The van der Waals surface area contributed by atoms with Gasteiger partial charge >= 0.3 is 0 Å². The second-order valence-corrected chi connectivity index (χ2v) is 11.3. The van der Waals surface area contributed by atoms with E-state index in [4.69, 9.17) is 0 Å². The van der Waals surface area contributed by atoms with E-state index < -0.39 is 38.3 Å². The van der Waals surface area contributed by atoms with Crippen LogP contribution in [-0.2, 0) is 24.8 Å². The molecule has 3 aromatic rings. The number of halogens is 1. The normalized spacial score (nSPS) is 11.6. The molecule has 34 heavy (non-hydrogen) atoms. The zero-order chi connectivity index (χ0) is 25.1. The summed E-state index contributed by atoms with van der Waals surface area (Å²) in [6.07, 6.45) is 0.911. The number of rotatable bonds is 8. The minimum atomic E-state index is -3.87. The molecule has 0 spiro atoms. The van der Waals surface area contributed by atoms with E-state index in [2.05, 4.69) is 10.0 Å². The van der Waals surface area contributed by atoms with Gasteiger partial charge in [-0.1, -0.05) is 24.3 Å². The number of anilines is 3. The van der Waals surface area contributed by atoms with Crippen molar-refractivity contribution in [3.63, 3.8) is 0 Å². The van der Waals surface area contributed by atoms with Crippen molar-refractivity contribution in [3.8, 4) is 0 Å². The summed E-state index contributed by atoms with van der Waals surface area (Å²) in [6, 6.07) is 15.8. The summed E-state index contributed by atoms with van der Waals surface area (Å²) in [4.78, 5) is 12.5. The number of benzene rings is 3. The molecular weight excluding hydrogens is 481 g/mol. The van der Waals surface area contributed by atoms with Crippen LogP contribution < -0.4 is 14.3 Å². The van der Waals surface area contributed by atoms with Gasteiger partial charge in [0.2, 0.25) is 15.9 Å². The highest BCUT2D eigenvalue weighted by molar-refractivity contribution is 7.92. The molecule has 1 amide bonds. The number of hydrogen-bond donors (Lipinski definition) is 2. The Labute approximate surface area is 198 Å². The van der Waals surface area contributed by atoms with E-state index in [1.807, 2.05) is 6.07 Å². The number of nitrogens with one attached hydrogen (secondary N) is 2. The fraction of sp³-hybridized carbons (Fsp3) is 0.174. The van der Waals surface area contributed by atoms with Gasteiger partial charge in [0.15, 0.2) is 0 Å². The Hall–Kier alpha value is -3.44. The molecule has 0 fully saturated rings. The molecule has 8 nitrogen and oxygen atoms in total. The minimum absolute atomic E-state index is 0.00863. The van der Waals surface area contributed by atoms with Crippen molar-refractivity contribution in [2.24, 2.45) is 0 Å². The molecule has 0 unspecified atom stereocenters. The second kappa shape index (κ2) is 9.82. The number of carbonyl (C=O) groups excluding carboxylic acids is 1. The van der Waals surface area contributed by atoms with Crippen LogP contribution in [0.1, 0.15) is 11.1 Å². The van der Waals surface area contributed by atoms with Gasteiger partial charge in [0.1, 0.15) is 12.4 Å². The van der Waals surface area contributed by atoms with Crippen molar-refractivity contribution in [2.75, 3.05) is 27.1 Å². The minimum Gasteiger partial charge on any atom is -0.325 e. The lowest BCUT2D eigenvalue weighted by atomic mass is 10.1. The maximum Gasteiger partial charge on any atom is 0.261 e. The molecule has 0 saturated carbocycles. The lowest BCUT2D eigenvalue weighted by Crippen LogP contribution is -2.37. The first-order chi connectivity index (χ1) is 15.9. The first-order valence-electron chi connectivity index (χ1n) is 10.1. The summed E-state index contributed by atoms with van der Waals surface area (Å²) in [5, 5.41) is 2.52. The number of aryl methyl sites for hydroxylation is 2. The van der Waals surface area contributed by atoms with Crippen LogP contribution in [0, 0.1) is 19.7 Å². The van der Waals surface area contributed by atoms with Gasteiger partial charge in [0.25, 0.3) is 10.0 Å². The van der Waals surface area contributed by atoms with Crippen LogP contribution in [0.3, 0.4) is 0 Å². The molecule has 0 aliphatic heterocycles. The number of para-hydroxylation sites is 1. The Bertz CT molecular complexity index is 1400. The zero-order valence-corrected chi connectivity index (χ0v) is 20.4. The lowest BCUT2D eigenvalue weighted by molar-refractivity contribution is -0.114. The highest BCUT2D eigenvalue weighted by Gasteiger charge is 2.22. The average Bonchev–Trinajstić information content (AvgIpc) is 2.74. The van der Waals surface area contributed by atoms with Crippen LogP contribution in [0.5, 0.6) is 0 Å². The summed E-state index contributed by atoms with van der Waals surface area (Å²) < 4.78 is 66.7. The molecule has 0 heterocycles. The topological polar surface area (TPSA) is 113 Å². The Morgan fingerprint density at radius 3 is 2.06 bits per heavy atom. The van der Waals surface area contributed by atoms with Crippen LogP contribution in [-0.4, -0.2) is 35.5 Å². The maximum atomic E-state index is 13.5. The third-order valence-corrected chi connectivity index (χ3v) is 7.46. The molecule has 0 saturated heterocycles. The summed E-state index contributed by atoms with van der Waals surface area (Å²) in [7, 11) is -7.73. The van der Waals surface area contributed by atoms with Crippen LogP contribution in [0.4, 0.5) is 21.5 Å². The molecule has 0 aromatic heterocycles. The van der Waals surface area contributed by atoms with Gasteiger partial charge in [-0.2, -0.15) is 0 Å². The quantitative estimate of drug-likeness (QED) is 0.485. The van der Waals surface area contributed by atoms with E-state index in [9.17, 15) is 26.0 Å². The van der Waals surface area contributed by atoms with Gasteiger partial charge in [-0.3, -0.25) is 13.8 Å². The summed E-state index contributed by atoms with van der Waals surface area (Å²) in [6.45, 7) is 3.01. The Kier molecular flexibility index (Phi) is 7.27. The van der Waals surface area contributed by atoms with Crippen LogP contribution in [0.15, 0.2) is 71.6 Å². The molecule has 0 bridgehead atoms. The Morgan fingerprint density at radius 2 is 1.50 bits per heavy atom. The van der Waals surface area contributed by atoms with Crippen molar-refractivity contribution in [2.45, 2.75) is 18.7 Å². The largest absolute Gasteiger partial charge is 0.325 e. The number of nitrogens with zero attached hydrogens (tertiary/aromatic N) is 1. The van der Waals surface area contributed by atoms with E-state index in [0.29, 0.717) is 5.69 Å².